The molecular formula is C34H40N6O3. The van der Waals surface area contributed by atoms with Crippen molar-refractivity contribution in [3.63, 3.8) is 0 Å². The molecule has 1 fully saturated rings. The molecule has 0 atom stereocenters. The summed E-state index contributed by atoms with van der Waals surface area (Å²) in [5.41, 5.74) is 8.60. The number of rotatable bonds is 12. The van der Waals surface area contributed by atoms with E-state index in [-0.39, 0.29) is 18.7 Å². The van der Waals surface area contributed by atoms with Crippen LogP contribution in [0.3, 0.4) is 0 Å². The van der Waals surface area contributed by atoms with E-state index in [1.807, 2.05) is 12.1 Å². The lowest BCUT2D eigenvalue weighted by Crippen LogP contribution is -2.30. The zero-order chi connectivity index (χ0) is 30.2. The summed E-state index contributed by atoms with van der Waals surface area (Å²) in [6.07, 6.45) is 3.10. The number of nitrogens with one attached hydrogen (secondary N) is 1. The Morgan fingerprint density at radius 1 is 0.860 bits per heavy atom. The molecule has 224 valence electrons. The van der Waals surface area contributed by atoms with Crippen molar-refractivity contribution < 1.29 is 13.9 Å². The second-order valence-corrected chi connectivity index (χ2v) is 11.1. The average Bonchev–Trinajstić information content (AvgIpc) is 3.67. The third-order valence-electron chi connectivity index (χ3n) is 7.52. The van der Waals surface area contributed by atoms with Crippen molar-refractivity contribution in [2.45, 2.75) is 19.3 Å². The van der Waals surface area contributed by atoms with E-state index in [1.165, 1.54) is 34.3 Å². The molecule has 1 aromatic heterocycles. The quantitative estimate of drug-likeness (QED) is 0.188. The van der Waals surface area contributed by atoms with Crippen molar-refractivity contribution in [2.75, 3.05) is 57.7 Å². The minimum atomic E-state index is -0.347. The zero-order valence-corrected chi connectivity index (χ0v) is 25.3. The molecule has 1 saturated heterocycles. The second kappa shape index (κ2) is 14.0. The first-order chi connectivity index (χ1) is 20.9. The first-order valence-electron chi connectivity index (χ1n) is 14.4. The molecule has 0 unspecified atom stereocenters. The summed E-state index contributed by atoms with van der Waals surface area (Å²) in [5, 5.41) is 3.89. The van der Waals surface area contributed by atoms with Crippen molar-refractivity contribution >= 4 is 23.5 Å². The van der Waals surface area contributed by atoms with Crippen LogP contribution in [0.15, 0.2) is 101 Å². The number of hydrogen-bond acceptors (Lipinski definition) is 8. The van der Waals surface area contributed by atoms with Gasteiger partial charge in [0.15, 0.2) is 6.61 Å². The lowest BCUT2D eigenvalue weighted by atomic mass is 10.1. The average molecular weight is 581 g/mol. The van der Waals surface area contributed by atoms with Gasteiger partial charge in [0.25, 0.3) is 5.91 Å². The molecule has 0 spiro atoms. The number of ether oxygens (including phenoxy) is 1. The largest absolute Gasteiger partial charge is 0.484 e. The van der Waals surface area contributed by atoms with Crippen molar-refractivity contribution in [3.8, 4) is 5.75 Å². The maximum absolute atomic E-state index is 12.2. The highest BCUT2D eigenvalue weighted by molar-refractivity contribution is 5.81. The predicted molar refractivity (Wildman–Crippen MR) is 171 cm³/mol. The summed E-state index contributed by atoms with van der Waals surface area (Å²) in [5.74, 6) is 0.840. The Labute approximate surface area is 254 Å². The smallest absolute Gasteiger partial charge is 0.277 e. The monoisotopic (exact) mass is 580 g/mol. The molecule has 9 nitrogen and oxygen atoms in total. The fourth-order valence-corrected chi connectivity index (χ4v) is 5.20. The highest BCUT2D eigenvalue weighted by atomic mass is 16.5. The minimum absolute atomic E-state index is 0.107. The van der Waals surface area contributed by atoms with Gasteiger partial charge in [0.1, 0.15) is 11.5 Å². The van der Waals surface area contributed by atoms with E-state index >= 15 is 0 Å². The van der Waals surface area contributed by atoms with Gasteiger partial charge in [0.2, 0.25) is 0 Å². The first-order valence-corrected chi connectivity index (χ1v) is 14.4. The van der Waals surface area contributed by atoms with Gasteiger partial charge in [0.05, 0.1) is 18.6 Å². The van der Waals surface area contributed by atoms with Crippen LogP contribution in [-0.2, 0) is 17.9 Å². The van der Waals surface area contributed by atoms with E-state index in [0.717, 1.165) is 26.2 Å². The molecule has 0 bridgehead atoms. The van der Waals surface area contributed by atoms with Gasteiger partial charge in [-0.05, 0) is 65.2 Å². The number of nitrogens with zero attached hydrogens (tertiary/aromatic N) is 5. The van der Waals surface area contributed by atoms with E-state index in [9.17, 15) is 4.79 Å². The Hall–Kier alpha value is -4.60. The molecular weight excluding hydrogens is 540 g/mol. The van der Waals surface area contributed by atoms with Crippen LogP contribution < -0.4 is 20.0 Å². The summed E-state index contributed by atoms with van der Waals surface area (Å²) >= 11 is 0. The van der Waals surface area contributed by atoms with Crippen molar-refractivity contribution in [1.29, 1.82) is 0 Å². The normalized spacial score (nSPS) is 14.3. The maximum Gasteiger partial charge on any atom is 0.277 e. The van der Waals surface area contributed by atoms with Gasteiger partial charge in [0, 0.05) is 65.7 Å². The van der Waals surface area contributed by atoms with E-state index < -0.39 is 0 Å². The molecule has 4 aromatic rings. The predicted octanol–water partition coefficient (Wildman–Crippen LogP) is 4.96. The van der Waals surface area contributed by atoms with Gasteiger partial charge in [-0.1, -0.05) is 36.4 Å². The van der Waals surface area contributed by atoms with E-state index in [0.29, 0.717) is 11.5 Å². The minimum Gasteiger partial charge on any atom is -0.484 e. The summed E-state index contributed by atoms with van der Waals surface area (Å²) < 4.78 is 10.9. The SMILES string of the molecule is CN(C)c1ccc(CN2CCN(Cc3ccc(N(C)C)cc3)C2c2ccc(OCC(=O)NN=Cc3ccco3)cc2)cc1. The van der Waals surface area contributed by atoms with Crippen molar-refractivity contribution in [2.24, 2.45) is 5.10 Å². The summed E-state index contributed by atoms with van der Waals surface area (Å²) in [7, 11) is 8.24. The molecule has 0 saturated carbocycles. The number of carbonyl (C=O) groups is 1. The van der Waals surface area contributed by atoms with E-state index in [1.54, 1.807) is 18.4 Å². The van der Waals surface area contributed by atoms with Crippen LogP contribution in [0.4, 0.5) is 11.4 Å². The molecule has 3 aromatic carbocycles. The van der Waals surface area contributed by atoms with Crippen molar-refractivity contribution in [1.82, 2.24) is 15.2 Å². The highest BCUT2D eigenvalue weighted by Crippen LogP contribution is 2.34. The first kappa shape index (κ1) is 29.9. The molecule has 1 aliphatic rings. The van der Waals surface area contributed by atoms with Crippen LogP contribution >= 0.6 is 0 Å². The van der Waals surface area contributed by atoms with Gasteiger partial charge < -0.3 is 19.0 Å². The molecule has 1 amide bonds. The lowest BCUT2D eigenvalue weighted by molar-refractivity contribution is -0.123. The number of carbonyl (C=O) groups excluding carboxylic acids is 1. The zero-order valence-electron chi connectivity index (χ0n) is 25.3. The number of hydrazone groups is 1. The van der Waals surface area contributed by atoms with Crippen LogP contribution in [0, 0.1) is 0 Å². The molecule has 1 aliphatic heterocycles. The fourth-order valence-electron chi connectivity index (χ4n) is 5.20. The molecule has 1 N–H and O–H groups in total. The molecule has 5 rings (SSSR count). The van der Waals surface area contributed by atoms with E-state index in [2.05, 4.69) is 119 Å². The topological polar surface area (TPSA) is 76.8 Å². The lowest BCUT2D eigenvalue weighted by Gasteiger charge is -2.31. The molecule has 9 heteroatoms. The standard InChI is InChI=1S/C34H40N6O3/c1-37(2)29-13-7-26(8-14-29)23-39-19-20-40(24-27-9-15-30(16-10-27)38(3)4)34(39)28-11-17-31(18-12-28)43-25-33(41)36-35-22-32-6-5-21-42-32/h5-18,21-22,34H,19-20,23-25H2,1-4H3,(H,36,41). The maximum atomic E-state index is 12.2. The Kier molecular flexibility index (Phi) is 9.76. The van der Waals surface area contributed by atoms with Gasteiger partial charge in [-0.15, -0.1) is 0 Å². The van der Waals surface area contributed by atoms with Crippen LogP contribution in [-0.4, -0.2) is 69.8 Å². The van der Waals surface area contributed by atoms with Gasteiger partial charge in [-0.25, -0.2) is 5.43 Å². The fraction of sp³-hybridized carbons (Fsp3) is 0.294. The van der Waals surface area contributed by atoms with Crippen LogP contribution in [0.25, 0.3) is 0 Å². The Morgan fingerprint density at radius 2 is 1.42 bits per heavy atom. The molecule has 2 heterocycles. The van der Waals surface area contributed by atoms with Crippen LogP contribution in [0.1, 0.15) is 28.6 Å². The van der Waals surface area contributed by atoms with Crippen LogP contribution in [0.2, 0.25) is 0 Å². The van der Waals surface area contributed by atoms with Crippen LogP contribution in [0.5, 0.6) is 5.75 Å². The molecule has 0 radical (unpaired) electrons. The Bertz CT molecular complexity index is 1400. The third-order valence-corrected chi connectivity index (χ3v) is 7.52. The Morgan fingerprint density at radius 3 is 1.91 bits per heavy atom. The van der Waals surface area contributed by atoms with E-state index in [4.69, 9.17) is 9.15 Å². The highest BCUT2D eigenvalue weighted by Gasteiger charge is 2.33. The summed E-state index contributed by atoms with van der Waals surface area (Å²) in [4.78, 5) is 21.5. The van der Waals surface area contributed by atoms with Gasteiger partial charge in [-0.3, -0.25) is 14.6 Å². The second-order valence-electron chi connectivity index (χ2n) is 11.1. The third kappa shape index (κ3) is 8.03. The van der Waals surface area contributed by atoms with Crippen molar-refractivity contribution in [3.05, 3.63) is 114 Å². The van der Waals surface area contributed by atoms with Gasteiger partial charge >= 0.3 is 0 Å². The number of hydrogen-bond donors (Lipinski definition) is 1. The Balaban J connectivity index is 1.27. The number of anilines is 2. The molecule has 0 aliphatic carbocycles. The molecule has 43 heavy (non-hydrogen) atoms. The number of furan rings is 1. The van der Waals surface area contributed by atoms with Gasteiger partial charge in [-0.2, -0.15) is 5.10 Å². The summed E-state index contributed by atoms with van der Waals surface area (Å²) in [6.45, 7) is 3.50. The summed E-state index contributed by atoms with van der Waals surface area (Å²) in [6, 6.07) is 29.1. The number of benzene rings is 3. The number of amides is 1.